The summed E-state index contributed by atoms with van der Waals surface area (Å²) in [4.78, 5) is 15.3. The minimum Gasteiger partial charge on any atom is -0.462 e. The summed E-state index contributed by atoms with van der Waals surface area (Å²) >= 11 is 0. The van der Waals surface area contributed by atoms with Gasteiger partial charge in [0.25, 0.3) is 6.47 Å². The summed E-state index contributed by atoms with van der Waals surface area (Å²) in [6.45, 7) is 12.1. The monoisotopic (exact) mass is 391 g/mol. The molecule has 0 radical (unpaired) electrons. The molecule has 0 spiro atoms. The standard InChI is InChI=1S/C15H18FN3.C5H10O2.C2H6/c1-19-5-4-13-15(19)12(8-17-13)11-7-18-14-6-9(16)2-3-10(11)14;1-5(2,3)7-4-6;1-2/h2-3,6-7,12-13,15,17-18H,4-5,8H2,1H3;4H,1-3H3;1-2H3/t12-,13?,15?;;/m1../s1. The molecule has 1 aromatic carbocycles. The second kappa shape index (κ2) is 9.52. The van der Waals surface area contributed by atoms with Crippen LogP contribution in [-0.4, -0.2) is 54.2 Å². The molecule has 5 nitrogen and oxygen atoms in total. The number of likely N-dealkylation sites (tertiary alicyclic amines) is 1. The third kappa shape index (κ3) is 5.11. The Morgan fingerprint density at radius 1 is 1.29 bits per heavy atom. The van der Waals surface area contributed by atoms with Crippen LogP contribution in [0, 0.1) is 5.82 Å². The van der Waals surface area contributed by atoms with Crippen LogP contribution in [0.25, 0.3) is 10.9 Å². The largest absolute Gasteiger partial charge is 0.462 e. The van der Waals surface area contributed by atoms with Gasteiger partial charge in [0.1, 0.15) is 11.4 Å². The fraction of sp³-hybridized carbons (Fsp3) is 0.591. The molecule has 4 rings (SSSR count). The van der Waals surface area contributed by atoms with E-state index in [0.29, 0.717) is 24.5 Å². The predicted octanol–water partition coefficient (Wildman–Crippen LogP) is 4.05. The molecule has 2 saturated heterocycles. The Bertz CT molecular complexity index is 769. The van der Waals surface area contributed by atoms with Gasteiger partial charge >= 0.3 is 0 Å². The number of nitrogens with zero attached hydrogens (tertiary/aromatic N) is 1. The summed E-state index contributed by atoms with van der Waals surface area (Å²) in [5, 5.41) is 4.80. The fourth-order valence-electron chi connectivity index (χ4n) is 4.05. The molecule has 156 valence electrons. The van der Waals surface area contributed by atoms with Crippen LogP contribution in [0.5, 0.6) is 0 Å². The zero-order valence-electron chi connectivity index (χ0n) is 17.9. The minimum atomic E-state index is -0.318. The Labute approximate surface area is 167 Å². The number of H-pyrrole nitrogens is 1. The van der Waals surface area contributed by atoms with Crippen LogP contribution in [0.1, 0.15) is 52.5 Å². The Morgan fingerprint density at radius 3 is 2.61 bits per heavy atom. The van der Waals surface area contributed by atoms with E-state index in [0.717, 1.165) is 24.0 Å². The Kier molecular flexibility index (Phi) is 7.61. The number of hydrogen-bond donors (Lipinski definition) is 2. The van der Waals surface area contributed by atoms with E-state index in [2.05, 4.69) is 33.2 Å². The van der Waals surface area contributed by atoms with Gasteiger partial charge in [-0.1, -0.05) is 13.8 Å². The van der Waals surface area contributed by atoms with Gasteiger partial charge < -0.3 is 19.9 Å². The van der Waals surface area contributed by atoms with E-state index < -0.39 is 0 Å². The predicted molar refractivity (Wildman–Crippen MR) is 112 cm³/mol. The molecule has 2 unspecified atom stereocenters. The van der Waals surface area contributed by atoms with E-state index in [4.69, 9.17) is 0 Å². The van der Waals surface area contributed by atoms with E-state index in [9.17, 15) is 9.18 Å². The number of hydrogen-bond acceptors (Lipinski definition) is 4. The first-order chi connectivity index (χ1) is 13.3. The number of halogens is 1. The number of carbonyl (C=O) groups is 1. The maximum Gasteiger partial charge on any atom is 0.293 e. The highest BCUT2D eigenvalue weighted by Gasteiger charge is 2.43. The molecule has 0 amide bonds. The average Bonchev–Trinajstić information content (AvgIpc) is 3.32. The van der Waals surface area contributed by atoms with Gasteiger partial charge in [-0.25, -0.2) is 4.39 Å². The molecule has 2 fully saturated rings. The summed E-state index contributed by atoms with van der Waals surface area (Å²) < 4.78 is 17.8. The first kappa shape index (κ1) is 22.4. The Morgan fingerprint density at radius 2 is 2.00 bits per heavy atom. The zero-order valence-corrected chi connectivity index (χ0v) is 17.9. The van der Waals surface area contributed by atoms with Gasteiger partial charge in [0, 0.05) is 41.6 Å². The lowest BCUT2D eigenvalue weighted by molar-refractivity contribution is -0.138. The zero-order chi connectivity index (χ0) is 20.9. The Balaban J connectivity index is 0.000000268. The van der Waals surface area contributed by atoms with Crippen LogP contribution in [0.2, 0.25) is 0 Å². The summed E-state index contributed by atoms with van der Waals surface area (Å²) in [6, 6.07) is 6.22. The number of nitrogens with one attached hydrogen (secondary N) is 2. The molecule has 2 aliphatic heterocycles. The number of ether oxygens (including phenoxy) is 1. The highest BCUT2D eigenvalue weighted by Crippen LogP contribution is 2.37. The second-order valence-corrected chi connectivity index (χ2v) is 8.14. The van der Waals surface area contributed by atoms with Crippen molar-refractivity contribution in [1.29, 1.82) is 0 Å². The molecule has 0 bridgehead atoms. The summed E-state index contributed by atoms with van der Waals surface area (Å²) in [7, 11) is 2.21. The third-order valence-electron chi connectivity index (χ3n) is 5.20. The van der Waals surface area contributed by atoms with E-state index in [1.165, 1.54) is 12.0 Å². The van der Waals surface area contributed by atoms with Crippen molar-refractivity contribution in [1.82, 2.24) is 15.2 Å². The molecule has 0 aliphatic carbocycles. The number of carbonyl (C=O) groups excluding carboxylic acids is 1. The third-order valence-corrected chi connectivity index (χ3v) is 5.20. The molecule has 2 aromatic rings. The fourth-order valence-corrected chi connectivity index (χ4v) is 4.05. The lowest BCUT2D eigenvalue weighted by atomic mass is 9.91. The number of rotatable bonds is 2. The normalized spacial score (nSPS) is 24.0. The van der Waals surface area contributed by atoms with E-state index in [1.54, 1.807) is 12.1 Å². The molecule has 6 heteroatoms. The minimum absolute atomic E-state index is 0.179. The number of benzene rings is 1. The lowest BCUT2D eigenvalue weighted by Gasteiger charge is -2.24. The average molecular weight is 392 g/mol. The van der Waals surface area contributed by atoms with Crippen molar-refractivity contribution in [3.63, 3.8) is 0 Å². The van der Waals surface area contributed by atoms with Gasteiger partial charge in [0.05, 0.1) is 0 Å². The highest BCUT2D eigenvalue weighted by molar-refractivity contribution is 5.84. The van der Waals surface area contributed by atoms with Crippen LogP contribution in [-0.2, 0) is 9.53 Å². The molecular weight excluding hydrogens is 357 g/mol. The van der Waals surface area contributed by atoms with Gasteiger partial charge in [0.15, 0.2) is 0 Å². The van der Waals surface area contributed by atoms with Crippen molar-refractivity contribution in [3.8, 4) is 0 Å². The van der Waals surface area contributed by atoms with Crippen LogP contribution in [0.3, 0.4) is 0 Å². The number of aromatic nitrogens is 1. The number of fused-ring (bicyclic) bond motifs is 2. The first-order valence-corrected chi connectivity index (χ1v) is 10.1. The van der Waals surface area contributed by atoms with Crippen molar-refractivity contribution in [2.45, 2.75) is 64.6 Å². The molecule has 2 N–H and O–H groups in total. The van der Waals surface area contributed by atoms with Gasteiger partial charge in [-0.2, -0.15) is 0 Å². The maximum atomic E-state index is 13.3. The summed E-state index contributed by atoms with van der Waals surface area (Å²) in [5.74, 6) is 0.318. The van der Waals surface area contributed by atoms with Crippen LogP contribution in [0.15, 0.2) is 24.4 Å². The van der Waals surface area contributed by atoms with Crippen molar-refractivity contribution in [3.05, 3.63) is 35.8 Å². The van der Waals surface area contributed by atoms with Crippen LogP contribution < -0.4 is 5.32 Å². The van der Waals surface area contributed by atoms with Gasteiger partial charge in [-0.05, 0) is 64.5 Å². The van der Waals surface area contributed by atoms with Crippen LogP contribution >= 0.6 is 0 Å². The van der Waals surface area contributed by atoms with Crippen molar-refractivity contribution < 1.29 is 13.9 Å². The van der Waals surface area contributed by atoms with Crippen molar-refractivity contribution >= 4 is 17.4 Å². The molecule has 3 heterocycles. The second-order valence-electron chi connectivity index (χ2n) is 8.14. The van der Waals surface area contributed by atoms with E-state index in [-0.39, 0.29) is 11.4 Å². The first-order valence-electron chi connectivity index (χ1n) is 10.1. The molecule has 1 aromatic heterocycles. The lowest BCUT2D eigenvalue weighted by Crippen LogP contribution is -2.34. The summed E-state index contributed by atoms with van der Waals surface area (Å²) in [5.41, 5.74) is 1.91. The Hall–Kier alpha value is -1.92. The number of likely N-dealkylation sites (N-methyl/N-ethyl adjacent to an activating group) is 1. The quantitative estimate of drug-likeness (QED) is 0.759. The molecule has 28 heavy (non-hydrogen) atoms. The SMILES string of the molecule is CC.CC(C)(C)OC=O.CN1CCC2NC[C@H](c3c[nH]c4cc(F)ccc34)C21. The van der Waals surface area contributed by atoms with Gasteiger partial charge in [-0.3, -0.25) is 4.79 Å². The smallest absolute Gasteiger partial charge is 0.293 e. The van der Waals surface area contributed by atoms with Gasteiger partial charge in [0.2, 0.25) is 0 Å². The van der Waals surface area contributed by atoms with Crippen LogP contribution in [0.4, 0.5) is 4.39 Å². The van der Waals surface area contributed by atoms with Gasteiger partial charge in [-0.15, -0.1) is 0 Å². The molecular formula is C22H34FN3O2. The van der Waals surface area contributed by atoms with Crippen molar-refractivity contribution in [2.75, 3.05) is 20.1 Å². The maximum absolute atomic E-state index is 13.3. The summed E-state index contributed by atoms with van der Waals surface area (Å²) in [6.07, 6.45) is 3.29. The molecule has 3 atom stereocenters. The van der Waals surface area contributed by atoms with Crippen molar-refractivity contribution in [2.24, 2.45) is 0 Å². The highest BCUT2D eigenvalue weighted by atomic mass is 19.1. The number of aromatic amines is 1. The van der Waals surface area contributed by atoms with E-state index in [1.807, 2.05) is 40.7 Å². The topological polar surface area (TPSA) is 57.4 Å². The molecule has 2 aliphatic rings. The molecule has 0 saturated carbocycles. The van der Waals surface area contributed by atoms with E-state index >= 15 is 0 Å².